The molecule has 1 aromatic carbocycles. The van der Waals surface area contributed by atoms with Crippen LogP contribution >= 0.6 is 0 Å². The van der Waals surface area contributed by atoms with Crippen molar-refractivity contribution in [3.05, 3.63) is 29.8 Å². The van der Waals surface area contributed by atoms with Gasteiger partial charge in [-0.2, -0.15) is 0 Å². The number of carbonyl (C=O) groups excluding carboxylic acids is 1. The maximum atomic E-state index is 11.9. The molecule has 1 unspecified atom stereocenters. The van der Waals surface area contributed by atoms with E-state index in [9.17, 15) is 13.6 Å². The second-order valence-electron chi connectivity index (χ2n) is 4.92. The van der Waals surface area contributed by atoms with Gasteiger partial charge in [-0.3, -0.25) is 0 Å². The Bertz CT molecular complexity index is 418. The van der Waals surface area contributed by atoms with E-state index in [-0.39, 0.29) is 26.1 Å². The Labute approximate surface area is 124 Å². The van der Waals surface area contributed by atoms with E-state index in [0.29, 0.717) is 11.7 Å². The van der Waals surface area contributed by atoms with Crippen LogP contribution in [0.25, 0.3) is 0 Å². The zero-order valence-electron chi connectivity index (χ0n) is 12.5. The molecule has 0 heterocycles. The van der Waals surface area contributed by atoms with Crippen molar-refractivity contribution in [1.82, 2.24) is 0 Å². The van der Waals surface area contributed by atoms with Crippen molar-refractivity contribution >= 4 is 5.97 Å². The van der Waals surface area contributed by atoms with Crippen LogP contribution in [0.4, 0.5) is 8.78 Å². The maximum Gasteiger partial charge on any atom is 0.344 e. The second-order valence-corrected chi connectivity index (χ2v) is 4.92. The molecule has 0 aliphatic heterocycles. The number of hydrogen-bond acceptors (Lipinski definition) is 3. The summed E-state index contributed by atoms with van der Waals surface area (Å²) in [5.41, 5.74) is 1.22. The molecule has 0 N–H and O–H groups in total. The summed E-state index contributed by atoms with van der Waals surface area (Å²) in [6.45, 7) is 4.06. The Hall–Kier alpha value is -1.65. The van der Waals surface area contributed by atoms with Crippen LogP contribution in [-0.4, -0.2) is 25.6 Å². The van der Waals surface area contributed by atoms with Gasteiger partial charge in [0, 0.05) is 6.42 Å². The van der Waals surface area contributed by atoms with Gasteiger partial charge in [0.2, 0.25) is 6.43 Å². The first kappa shape index (κ1) is 17.4. The van der Waals surface area contributed by atoms with Crippen LogP contribution < -0.4 is 4.74 Å². The molecular formula is C16H22F2O3. The summed E-state index contributed by atoms with van der Waals surface area (Å²) in [6, 6.07) is 7.56. The molecule has 0 fully saturated rings. The van der Waals surface area contributed by atoms with Gasteiger partial charge in [-0.1, -0.05) is 26.0 Å². The molecule has 0 aliphatic carbocycles. The SMILES string of the molecule is CCC(C)c1ccc(OCC(=O)OCCCC(F)F)cc1. The molecule has 0 aromatic heterocycles. The molecule has 0 bridgehead atoms. The van der Waals surface area contributed by atoms with Gasteiger partial charge in [-0.25, -0.2) is 13.6 Å². The number of carbonyl (C=O) groups is 1. The second kappa shape index (κ2) is 9.32. The highest BCUT2D eigenvalue weighted by Gasteiger charge is 2.07. The molecule has 1 atom stereocenters. The Morgan fingerprint density at radius 1 is 1.24 bits per heavy atom. The van der Waals surface area contributed by atoms with Crippen molar-refractivity contribution in [2.45, 2.75) is 45.5 Å². The molecule has 0 aliphatic rings. The van der Waals surface area contributed by atoms with Gasteiger partial charge in [-0.05, 0) is 36.5 Å². The van der Waals surface area contributed by atoms with Crippen LogP contribution in [0, 0.1) is 0 Å². The van der Waals surface area contributed by atoms with Crippen LogP contribution in [0.3, 0.4) is 0 Å². The smallest absolute Gasteiger partial charge is 0.344 e. The molecule has 0 spiro atoms. The molecule has 0 amide bonds. The third-order valence-corrected chi connectivity index (χ3v) is 3.25. The predicted octanol–water partition coefficient (Wildman–Crippen LogP) is 4.17. The van der Waals surface area contributed by atoms with Crippen molar-refractivity contribution in [1.29, 1.82) is 0 Å². The summed E-state index contributed by atoms with van der Waals surface area (Å²) < 4.78 is 33.8. The van der Waals surface area contributed by atoms with Gasteiger partial charge in [0.15, 0.2) is 6.61 Å². The number of hydrogen-bond donors (Lipinski definition) is 0. The Kier molecular flexibility index (Phi) is 7.72. The van der Waals surface area contributed by atoms with Gasteiger partial charge in [0.1, 0.15) is 5.75 Å². The van der Waals surface area contributed by atoms with Crippen molar-refractivity contribution in [2.75, 3.05) is 13.2 Å². The first-order chi connectivity index (χ1) is 10.0. The lowest BCUT2D eigenvalue weighted by atomic mass is 9.99. The minimum Gasteiger partial charge on any atom is -0.482 e. The molecule has 1 aromatic rings. The average Bonchev–Trinajstić information content (AvgIpc) is 2.49. The summed E-state index contributed by atoms with van der Waals surface area (Å²) in [7, 11) is 0. The number of alkyl halides is 2. The van der Waals surface area contributed by atoms with Crippen molar-refractivity contribution in [3.8, 4) is 5.75 Å². The largest absolute Gasteiger partial charge is 0.482 e. The van der Waals surface area contributed by atoms with E-state index in [4.69, 9.17) is 9.47 Å². The topological polar surface area (TPSA) is 35.5 Å². The fourth-order valence-electron chi connectivity index (χ4n) is 1.74. The lowest BCUT2D eigenvalue weighted by Crippen LogP contribution is -2.15. The maximum absolute atomic E-state index is 11.9. The lowest BCUT2D eigenvalue weighted by molar-refractivity contribution is -0.146. The summed E-state index contributed by atoms with van der Waals surface area (Å²) in [6.07, 6.45) is -1.40. The first-order valence-corrected chi connectivity index (χ1v) is 7.19. The number of rotatable bonds is 9. The minimum absolute atomic E-state index is 0.000510. The van der Waals surface area contributed by atoms with Crippen molar-refractivity contribution in [2.24, 2.45) is 0 Å². The Balaban J connectivity index is 2.26. The molecule has 1 rings (SSSR count). The zero-order valence-corrected chi connectivity index (χ0v) is 12.5. The van der Waals surface area contributed by atoms with E-state index in [1.165, 1.54) is 5.56 Å². The monoisotopic (exact) mass is 300 g/mol. The quantitative estimate of drug-likeness (QED) is 0.507. The van der Waals surface area contributed by atoms with Gasteiger partial charge in [0.05, 0.1) is 6.61 Å². The van der Waals surface area contributed by atoms with E-state index < -0.39 is 12.4 Å². The highest BCUT2D eigenvalue weighted by Crippen LogP contribution is 2.21. The van der Waals surface area contributed by atoms with E-state index in [0.717, 1.165) is 6.42 Å². The van der Waals surface area contributed by atoms with E-state index in [1.54, 1.807) is 0 Å². The van der Waals surface area contributed by atoms with Crippen LogP contribution in [0.5, 0.6) is 5.75 Å². The van der Waals surface area contributed by atoms with Gasteiger partial charge < -0.3 is 9.47 Å². The molecule has 3 nitrogen and oxygen atoms in total. The van der Waals surface area contributed by atoms with Crippen molar-refractivity contribution < 1.29 is 23.0 Å². The minimum atomic E-state index is -2.36. The number of halogens is 2. The zero-order chi connectivity index (χ0) is 15.7. The summed E-state index contributed by atoms with van der Waals surface area (Å²) in [4.78, 5) is 11.3. The van der Waals surface area contributed by atoms with Gasteiger partial charge in [-0.15, -0.1) is 0 Å². The molecule has 5 heteroatoms. The fourth-order valence-corrected chi connectivity index (χ4v) is 1.74. The molecule has 0 saturated carbocycles. The van der Waals surface area contributed by atoms with E-state index >= 15 is 0 Å². The molecule has 0 radical (unpaired) electrons. The van der Waals surface area contributed by atoms with Crippen LogP contribution in [-0.2, 0) is 9.53 Å². The summed E-state index contributed by atoms with van der Waals surface area (Å²) >= 11 is 0. The standard InChI is InChI=1S/C16H22F2O3/c1-3-12(2)13-6-8-14(9-7-13)21-11-16(19)20-10-4-5-15(17)18/h6-9,12,15H,3-5,10-11H2,1-2H3. The highest BCUT2D eigenvalue weighted by atomic mass is 19.3. The van der Waals surface area contributed by atoms with E-state index in [2.05, 4.69) is 13.8 Å². The van der Waals surface area contributed by atoms with E-state index in [1.807, 2.05) is 24.3 Å². The highest BCUT2D eigenvalue weighted by molar-refractivity contribution is 5.71. The van der Waals surface area contributed by atoms with Crippen molar-refractivity contribution in [3.63, 3.8) is 0 Å². The third-order valence-electron chi connectivity index (χ3n) is 3.25. The number of esters is 1. The van der Waals surface area contributed by atoms with Crippen LogP contribution in [0.2, 0.25) is 0 Å². The first-order valence-electron chi connectivity index (χ1n) is 7.19. The average molecular weight is 300 g/mol. The Morgan fingerprint density at radius 2 is 1.90 bits per heavy atom. The number of ether oxygens (including phenoxy) is 2. The third kappa shape index (κ3) is 7.06. The molecular weight excluding hydrogens is 278 g/mol. The summed E-state index contributed by atoms with van der Waals surface area (Å²) in [5.74, 6) is 0.528. The van der Waals surface area contributed by atoms with Gasteiger partial charge in [0.25, 0.3) is 0 Å². The van der Waals surface area contributed by atoms with Gasteiger partial charge >= 0.3 is 5.97 Å². The fraction of sp³-hybridized carbons (Fsp3) is 0.562. The summed E-state index contributed by atoms with van der Waals surface area (Å²) in [5, 5.41) is 0. The van der Waals surface area contributed by atoms with Crippen LogP contribution in [0.15, 0.2) is 24.3 Å². The number of benzene rings is 1. The van der Waals surface area contributed by atoms with Crippen LogP contribution in [0.1, 0.15) is 44.6 Å². The lowest BCUT2D eigenvalue weighted by Gasteiger charge is -2.10. The molecule has 0 saturated heterocycles. The molecule has 118 valence electrons. The normalized spacial score (nSPS) is 12.2. The molecule has 21 heavy (non-hydrogen) atoms. The Morgan fingerprint density at radius 3 is 2.48 bits per heavy atom. The predicted molar refractivity (Wildman–Crippen MR) is 76.8 cm³/mol.